The second-order valence-electron chi connectivity index (χ2n) is 10.4. The molecule has 19 nitrogen and oxygen atoms in total. The molecule has 6 N–H and O–H groups in total. The van der Waals surface area contributed by atoms with Gasteiger partial charge in [0, 0.05) is 24.2 Å². The predicted octanol–water partition coefficient (Wildman–Crippen LogP) is -1.49. The van der Waals surface area contributed by atoms with Crippen molar-refractivity contribution in [1.82, 2.24) is 25.1 Å². The molecule has 3 aromatic heterocycles. The maximum Gasteiger partial charge on any atom is 0.351 e. The van der Waals surface area contributed by atoms with Crippen molar-refractivity contribution < 1.29 is 50.9 Å². The number of hydrogen-bond donors (Lipinski definition) is 4. The van der Waals surface area contributed by atoms with Crippen molar-refractivity contribution in [2.75, 3.05) is 18.9 Å². The molecular weight excluding hydrogens is 650 g/mol. The van der Waals surface area contributed by atoms with E-state index in [1.165, 1.54) is 19.2 Å². The highest BCUT2D eigenvalue weighted by Gasteiger charge is 2.57. The van der Waals surface area contributed by atoms with Gasteiger partial charge in [0.2, 0.25) is 22.3 Å². The summed E-state index contributed by atoms with van der Waals surface area (Å²) >= 11 is 0.949. The van der Waals surface area contributed by atoms with Gasteiger partial charge in [-0.3, -0.25) is 14.3 Å². The molecule has 21 heteroatoms. The summed E-state index contributed by atoms with van der Waals surface area (Å²) in [6, 6.07) is 2.05. The zero-order valence-electron chi connectivity index (χ0n) is 24.7. The van der Waals surface area contributed by atoms with Crippen molar-refractivity contribution >= 4 is 50.4 Å². The first-order chi connectivity index (χ1) is 21.6. The van der Waals surface area contributed by atoms with Gasteiger partial charge in [-0.2, -0.15) is 19.0 Å². The summed E-state index contributed by atoms with van der Waals surface area (Å²) in [6.07, 6.45) is 4.31. The molecule has 1 saturated heterocycles. The molecular formula is C25H31N9O10S2. The van der Waals surface area contributed by atoms with Gasteiger partial charge in [0.25, 0.3) is 17.9 Å². The van der Waals surface area contributed by atoms with E-state index in [1.807, 2.05) is 6.20 Å². The van der Waals surface area contributed by atoms with Gasteiger partial charge in [0.05, 0.1) is 17.3 Å². The molecule has 0 aliphatic carbocycles. The van der Waals surface area contributed by atoms with E-state index in [1.54, 1.807) is 40.8 Å². The Labute approximate surface area is 266 Å². The number of aliphatic carboxylic acids is 1. The van der Waals surface area contributed by atoms with Crippen LogP contribution in [0.1, 0.15) is 26.0 Å². The second kappa shape index (κ2) is 13.7. The smallest absolute Gasteiger partial charge is 0.351 e. The number of β-lactam (4-membered cyclic amide) rings is 1. The van der Waals surface area contributed by atoms with Gasteiger partial charge in [-0.15, -0.1) is 11.3 Å². The van der Waals surface area contributed by atoms with Crippen molar-refractivity contribution in [3.63, 3.8) is 0 Å². The van der Waals surface area contributed by atoms with Crippen molar-refractivity contribution in [2.24, 2.45) is 17.9 Å². The lowest BCUT2D eigenvalue weighted by atomic mass is 9.84. The highest BCUT2D eigenvalue weighted by Crippen LogP contribution is 2.33. The molecule has 248 valence electrons. The molecule has 1 aliphatic heterocycles. The fraction of sp³-hybridized carbons (Fsp3) is 0.400. The molecule has 3 aromatic rings. The molecule has 1 aliphatic rings. The number of nitrogens with one attached hydrogen (secondary N) is 1. The lowest BCUT2D eigenvalue weighted by molar-refractivity contribution is -0.660. The first-order valence-electron chi connectivity index (χ1n) is 13.4. The number of pyridine rings is 1. The molecule has 0 saturated carbocycles. The van der Waals surface area contributed by atoms with Crippen molar-refractivity contribution in [3.05, 3.63) is 41.8 Å². The summed E-state index contributed by atoms with van der Waals surface area (Å²) in [4.78, 5) is 46.8. The van der Waals surface area contributed by atoms with Crippen molar-refractivity contribution in [3.8, 4) is 17.0 Å². The van der Waals surface area contributed by atoms with Crippen molar-refractivity contribution in [1.29, 1.82) is 0 Å². The second-order valence-corrected chi connectivity index (χ2v) is 12.3. The lowest BCUT2D eigenvalue weighted by Crippen LogP contribution is -2.76. The van der Waals surface area contributed by atoms with Gasteiger partial charge < -0.3 is 36.0 Å². The summed E-state index contributed by atoms with van der Waals surface area (Å²) in [7, 11) is -3.49. The van der Waals surface area contributed by atoms with Crippen LogP contribution < -0.4 is 26.1 Å². The number of carbonyl (C=O) groups excluding carboxylic acids is 2. The standard InChI is InChI=1S/C25H31N9O10S2/c1-25(2)20(22(36)34(25)44-46(39,40)41)30-21(35)19(16-13-45-24(27)29-16)31-43-18(23(37)38)12-42-15-5-6-17(32(3)11-15)14-9-28-33(10-14)8-4-7-26/h5-6,9-11,13,18,20H,4,7-8,12,26H2,1-3H3,(H4-,27,29,30,35,37,38,39,40,41)/b31-19-/t18-,20+/m0/s1. The number of carbonyl (C=O) groups is 3. The summed E-state index contributed by atoms with van der Waals surface area (Å²) in [5, 5.41) is 21.8. The van der Waals surface area contributed by atoms with E-state index in [-0.39, 0.29) is 10.8 Å². The van der Waals surface area contributed by atoms with Crippen LogP contribution in [0.3, 0.4) is 0 Å². The molecule has 0 unspecified atom stereocenters. The number of carboxylic acid groups (broad SMARTS) is 1. The van der Waals surface area contributed by atoms with Gasteiger partial charge in [-0.25, -0.2) is 18.2 Å². The zero-order chi connectivity index (χ0) is 33.8. The highest BCUT2D eigenvalue weighted by molar-refractivity contribution is 7.80. The average Bonchev–Trinajstić information content (AvgIpc) is 3.63. The minimum absolute atomic E-state index is 0.0492. The number of nitrogens with zero attached hydrogens (tertiary/aromatic N) is 6. The van der Waals surface area contributed by atoms with Crippen LogP contribution in [-0.4, -0.2) is 92.2 Å². The Hall–Kier alpha value is -4.70. The summed E-state index contributed by atoms with van der Waals surface area (Å²) in [5.74, 6) is -3.23. The van der Waals surface area contributed by atoms with Gasteiger partial charge in [-0.1, -0.05) is 5.16 Å². The van der Waals surface area contributed by atoms with Crippen LogP contribution >= 0.6 is 11.3 Å². The number of aromatic nitrogens is 4. The van der Waals surface area contributed by atoms with Crippen LogP contribution in [0.2, 0.25) is 0 Å². The third-order valence-electron chi connectivity index (χ3n) is 6.67. The Morgan fingerprint density at radius 2 is 2.09 bits per heavy atom. The minimum Gasteiger partial charge on any atom is -0.724 e. The Kier molecular flexibility index (Phi) is 10.2. The first-order valence-corrected chi connectivity index (χ1v) is 15.7. The monoisotopic (exact) mass is 681 g/mol. The van der Waals surface area contributed by atoms with Gasteiger partial charge >= 0.3 is 5.97 Å². The molecule has 4 heterocycles. The van der Waals surface area contributed by atoms with E-state index in [0.717, 1.165) is 29.0 Å². The zero-order valence-corrected chi connectivity index (χ0v) is 26.4. The number of amides is 2. The van der Waals surface area contributed by atoms with Crippen LogP contribution in [0, 0.1) is 0 Å². The fourth-order valence-corrected chi connectivity index (χ4v) is 5.29. The van der Waals surface area contributed by atoms with E-state index in [0.29, 0.717) is 23.9 Å². The average molecular weight is 682 g/mol. The largest absolute Gasteiger partial charge is 0.724 e. The Morgan fingerprint density at radius 1 is 1.35 bits per heavy atom. The lowest BCUT2D eigenvalue weighted by Gasteiger charge is -2.51. The summed E-state index contributed by atoms with van der Waals surface area (Å²) in [5.41, 5.74) is 10.8. The third-order valence-corrected chi connectivity index (χ3v) is 7.68. The predicted molar refractivity (Wildman–Crippen MR) is 157 cm³/mol. The number of oxime groups is 1. The van der Waals surface area contributed by atoms with E-state index in [4.69, 9.17) is 21.0 Å². The Morgan fingerprint density at radius 3 is 2.67 bits per heavy atom. The highest BCUT2D eigenvalue weighted by atomic mass is 32.3. The van der Waals surface area contributed by atoms with E-state index in [9.17, 15) is 32.5 Å². The molecule has 0 radical (unpaired) electrons. The molecule has 2 amide bonds. The normalized spacial score (nSPS) is 16.9. The summed E-state index contributed by atoms with van der Waals surface area (Å²) in [6.45, 7) is 3.37. The Bertz CT molecular complexity index is 1760. The molecule has 4 rings (SSSR count). The van der Waals surface area contributed by atoms with Crippen LogP contribution in [0.5, 0.6) is 5.75 Å². The fourth-order valence-electron chi connectivity index (χ4n) is 4.29. The van der Waals surface area contributed by atoms with E-state index in [2.05, 4.69) is 24.8 Å². The molecule has 0 aromatic carbocycles. The topological polar surface area (TPSA) is 271 Å². The number of ether oxygens (including phenoxy) is 1. The number of hydrogen-bond acceptors (Lipinski definition) is 15. The number of nitrogen functional groups attached to an aromatic ring is 1. The number of hydroxylamine groups is 2. The number of carboxylic acids is 1. The van der Waals surface area contributed by atoms with Gasteiger partial charge in [-0.05, 0) is 32.9 Å². The van der Waals surface area contributed by atoms with Crippen molar-refractivity contribution in [2.45, 2.75) is 44.5 Å². The molecule has 1 fully saturated rings. The van der Waals surface area contributed by atoms with E-state index < -0.39 is 58.2 Å². The number of aryl methyl sites for hydroxylation is 2. The third kappa shape index (κ3) is 7.92. The molecule has 46 heavy (non-hydrogen) atoms. The maximum atomic E-state index is 13.2. The molecule has 0 spiro atoms. The van der Waals surface area contributed by atoms with Crippen LogP contribution in [0.25, 0.3) is 11.3 Å². The first kappa shape index (κ1) is 34.2. The quantitative estimate of drug-likeness (QED) is 0.0356. The maximum absolute atomic E-state index is 13.2. The molecule has 2 atom stereocenters. The number of nitrogens with two attached hydrogens (primary N) is 2. The minimum atomic E-state index is -5.27. The van der Waals surface area contributed by atoms with Crippen LogP contribution in [0.4, 0.5) is 5.13 Å². The van der Waals surface area contributed by atoms with Gasteiger partial charge in [0.15, 0.2) is 16.6 Å². The van der Waals surface area contributed by atoms with Crippen LogP contribution in [0.15, 0.2) is 41.3 Å². The SMILES string of the molecule is C[n+]1cc(OC[C@H](O/N=C(\C(=O)N[C@@H]2C(=O)N(OS(=O)(=O)[O-])C2(C)C)c2csc(N)n2)C(=O)O)ccc1-c1cnn(CCCN)c1. The van der Waals surface area contributed by atoms with Crippen LogP contribution in [-0.2, 0) is 47.5 Å². The van der Waals surface area contributed by atoms with E-state index >= 15 is 0 Å². The number of anilines is 1. The number of thiazole rings is 1. The number of rotatable bonds is 15. The summed E-state index contributed by atoms with van der Waals surface area (Å²) < 4.78 is 46.3. The molecule has 0 bridgehead atoms. The van der Waals surface area contributed by atoms with Gasteiger partial charge in [0.1, 0.15) is 25.4 Å². The Balaban J connectivity index is 1.46.